The normalized spacial score (nSPS) is 19.8. The molecular weight excluding hydrogens is 472 g/mol. The standard InChI is InChI=1S/C25H25BrN2O4/c26-20-8-4-7-19(17-20)23-22(21(29)10-9-18-5-2-1-3-6-18)24(30)25(31)28(23)12-11-27-13-15-32-16-14-27/h1-10,17,23,30H,11-16H2. The highest BCUT2D eigenvalue weighted by molar-refractivity contribution is 9.10. The fourth-order valence-electron chi connectivity index (χ4n) is 4.06. The van der Waals surface area contributed by atoms with Gasteiger partial charge in [0, 0.05) is 30.7 Å². The van der Waals surface area contributed by atoms with Crippen LogP contribution in [-0.4, -0.2) is 66.0 Å². The minimum Gasteiger partial charge on any atom is -0.503 e. The zero-order valence-electron chi connectivity index (χ0n) is 17.6. The van der Waals surface area contributed by atoms with Crippen molar-refractivity contribution in [2.24, 2.45) is 0 Å². The quantitative estimate of drug-likeness (QED) is 0.591. The summed E-state index contributed by atoms with van der Waals surface area (Å²) in [5, 5.41) is 10.7. The van der Waals surface area contributed by atoms with Crippen molar-refractivity contribution in [3.63, 3.8) is 0 Å². The molecule has 0 spiro atoms. The van der Waals surface area contributed by atoms with Gasteiger partial charge in [0.15, 0.2) is 11.5 Å². The maximum absolute atomic E-state index is 13.2. The lowest BCUT2D eigenvalue weighted by atomic mass is 9.95. The Morgan fingerprint density at radius 3 is 2.56 bits per heavy atom. The van der Waals surface area contributed by atoms with Gasteiger partial charge in [0.1, 0.15) is 0 Å². The van der Waals surface area contributed by atoms with Crippen LogP contribution >= 0.6 is 15.9 Å². The van der Waals surface area contributed by atoms with Gasteiger partial charge >= 0.3 is 0 Å². The van der Waals surface area contributed by atoms with Crippen molar-refractivity contribution in [1.29, 1.82) is 0 Å². The Kier molecular flexibility index (Phi) is 7.19. The molecule has 0 aliphatic carbocycles. The summed E-state index contributed by atoms with van der Waals surface area (Å²) in [7, 11) is 0. The number of ketones is 1. The third-order valence-electron chi connectivity index (χ3n) is 5.72. The average molecular weight is 497 g/mol. The van der Waals surface area contributed by atoms with Crippen molar-refractivity contribution in [2.75, 3.05) is 39.4 Å². The number of allylic oxidation sites excluding steroid dienone is 1. The summed E-state index contributed by atoms with van der Waals surface area (Å²) in [5.41, 5.74) is 1.76. The molecule has 6 nitrogen and oxygen atoms in total. The molecule has 166 valence electrons. The van der Waals surface area contributed by atoms with E-state index >= 15 is 0 Å². The van der Waals surface area contributed by atoms with Crippen LogP contribution in [0.1, 0.15) is 17.2 Å². The van der Waals surface area contributed by atoms with Gasteiger partial charge in [0.2, 0.25) is 0 Å². The highest BCUT2D eigenvalue weighted by Gasteiger charge is 2.42. The maximum atomic E-state index is 13.2. The molecule has 1 amide bonds. The van der Waals surface area contributed by atoms with Crippen LogP contribution in [0.5, 0.6) is 0 Å². The van der Waals surface area contributed by atoms with Gasteiger partial charge in [-0.15, -0.1) is 0 Å². The molecule has 1 unspecified atom stereocenters. The van der Waals surface area contributed by atoms with Crippen LogP contribution in [0.25, 0.3) is 6.08 Å². The summed E-state index contributed by atoms with van der Waals surface area (Å²) in [5.74, 6) is -1.36. The summed E-state index contributed by atoms with van der Waals surface area (Å²) in [6.07, 6.45) is 3.12. The van der Waals surface area contributed by atoms with Crippen LogP contribution in [0.2, 0.25) is 0 Å². The fourth-order valence-corrected chi connectivity index (χ4v) is 4.48. The third kappa shape index (κ3) is 5.01. The minimum atomic E-state index is -0.644. The number of morpholine rings is 1. The van der Waals surface area contributed by atoms with Gasteiger partial charge in [-0.05, 0) is 29.3 Å². The molecule has 1 fully saturated rings. The molecule has 2 aromatic carbocycles. The second kappa shape index (κ2) is 10.3. The first kappa shape index (κ1) is 22.5. The number of carbonyl (C=O) groups is 2. The molecular formula is C25H25BrN2O4. The van der Waals surface area contributed by atoms with Crippen LogP contribution in [-0.2, 0) is 14.3 Å². The number of hydrogen-bond acceptors (Lipinski definition) is 5. The lowest BCUT2D eigenvalue weighted by molar-refractivity contribution is -0.129. The molecule has 32 heavy (non-hydrogen) atoms. The molecule has 2 aromatic rings. The van der Waals surface area contributed by atoms with E-state index in [1.54, 1.807) is 11.0 Å². The number of rotatable bonds is 7. The Labute approximate surface area is 195 Å². The van der Waals surface area contributed by atoms with E-state index in [1.807, 2.05) is 54.6 Å². The van der Waals surface area contributed by atoms with Gasteiger partial charge in [0.25, 0.3) is 5.91 Å². The first-order chi connectivity index (χ1) is 15.5. The zero-order chi connectivity index (χ0) is 22.5. The molecule has 2 heterocycles. The van der Waals surface area contributed by atoms with Gasteiger partial charge in [-0.1, -0.05) is 64.5 Å². The Balaban J connectivity index is 1.62. The van der Waals surface area contributed by atoms with E-state index in [0.717, 1.165) is 28.7 Å². The van der Waals surface area contributed by atoms with Crippen LogP contribution in [0.15, 0.2) is 76.5 Å². The fraction of sp³-hybridized carbons (Fsp3) is 0.280. The van der Waals surface area contributed by atoms with E-state index in [0.29, 0.717) is 26.3 Å². The van der Waals surface area contributed by atoms with Crippen molar-refractivity contribution in [1.82, 2.24) is 9.80 Å². The Morgan fingerprint density at radius 2 is 1.84 bits per heavy atom. The number of benzene rings is 2. The van der Waals surface area contributed by atoms with Crippen molar-refractivity contribution >= 4 is 33.7 Å². The van der Waals surface area contributed by atoms with E-state index in [2.05, 4.69) is 20.8 Å². The summed E-state index contributed by atoms with van der Waals surface area (Å²) < 4.78 is 6.24. The number of amides is 1. The molecule has 1 atom stereocenters. The highest BCUT2D eigenvalue weighted by atomic mass is 79.9. The van der Waals surface area contributed by atoms with Crippen molar-refractivity contribution in [3.05, 3.63) is 87.6 Å². The number of ether oxygens (including phenoxy) is 1. The molecule has 4 rings (SSSR count). The SMILES string of the molecule is O=C(C=Cc1ccccc1)C1=C(O)C(=O)N(CCN2CCOCC2)C1c1cccc(Br)c1. The predicted molar refractivity (Wildman–Crippen MR) is 126 cm³/mol. The summed E-state index contributed by atoms with van der Waals surface area (Å²) in [6, 6.07) is 16.3. The number of carbonyl (C=O) groups excluding carboxylic acids is 2. The van der Waals surface area contributed by atoms with Crippen molar-refractivity contribution in [3.8, 4) is 0 Å². The van der Waals surface area contributed by atoms with Gasteiger partial charge < -0.3 is 14.7 Å². The van der Waals surface area contributed by atoms with E-state index < -0.39 is 17.7 Å². The molecule has 1 saturated heterocycles. The van der Waals surface area contributed by atoms with Gasteiger partial charge in [-0.3, -0.25) is 14.5 Å². The maximum Gasteiger partial charge on any atom is 0.290 e. The smallest absolute Gasteiger partial charge is 0.290 e. The van der Waals surface area contributed by atoms with Crippen LogP contribution < -0.4 is 0 Å². The first-order valence-electron chi connectivity index (χ1n) is 10.6. The van der Waals surface area contributed by atoms with Gasteiger partial charge in [-0.25, -0.2) is 0 Å². The number of aliphatic hydroxyl groups is 1. The average Bonchev–Trinajstić information content (AvgIpc) is 3.07. The van der Waals surface area contributed by atoms with Crippen LogP contribution in [0, 0.1) is 0 Å². The molecule has 0 bridgehead atoms. The molecule has 7 heteroatoms. The van der Waals surface area contributed by atoms with E-state index in [9.17, 15) is 14.7 Å². The Morgan fingerprint density at radius 1 is 1.09 bits per heavy atom. The molecule has 1 N–H and O–H groups in total. The molecule has 0 aromatic heterocycles. The summed E-state index contributed by atoms with van der Waals surface area (Å²) in [4.78, 5) is 30.0. The molecule has 0 radical (unpaired) electrons. The van der Waals surface area contributed by atoms with Gasteiger partial charge in [-0.2, -0.15) is 0 Å². The van der Waals surface area contributed by atoms with Crippen LogP contribution in [0.3, 0.4) is 0 Å². The lowest BCUT2D eigenvalue weighted by Gasteiger charge is -2.31. The Bertz CT molecular complexity index is 1040. The number of halogens is 1. The third-order valence-corrected chi connectivity index (χ3v) is 6.21. The number of hydrogen-bond donors (Lipinski definition) is 1. The molecule has 2 aliphatic heterocycles. The van der Waals surface area contributed by atoms with Crippen LogP contribution in [0.4, 0.5) is 0 Å². The van der Waals surface area contributed by atoms with E-state index in [-0.39, 0.29) is 11.4 Å². The van der Waals surface area contributed by atoms with E-state index in [4.69, 9.17) is 4.74 Å². The van der Waals surface area contributed by atoms with Crippen molar-refractivity contribution in [2.45, 2.75) is 6.04 Å². The second-order valence-corrected chi connectivity index (χ2v) is 8.70. The molecule has 0 saturated carbocycles. The second-order valence-electron chi connectivity index (χ2n) is 7.78. The first-order valence-corrected chi connectivity index (χ1v) is 11.4. The van der Waals surface area contributed by atoms with Gasteiger partial charge in [0.05, 0.1) is 24.8 Å². The highest BCUT2D eigenvalue weighted by Crippen LogP contribution is 2.38. The minimum absolute atomic E-state index is 0.113. The summed E-state index contributed by atoms with van der Waals surface area (Å²) >= 11 is 3.48. The zero-order valence-corrected chi connectivity index (χ0v) is 19.2. The summed E-state index contributed by atoms with van der Waals surface area (Å²) in [6.45, 7) is 3.98. The lowest BCUT2D eigenvalue weighted by Crippen LogP contribution is -2.43. The van der Waals surface area contributed by atoms with Crippen molar-refractivity contribution < 1.29 is 19.4 Å². The topological polar surface area (TPSA) is 70.1 Å². The number of nitrogens with zero attached hydrogens (tertiary/aromatic N) is 2. The Hall–Kier alpha value is -2.74. The van der Waals surface area contributed by atoms with E-state index in [1.165, 1.54) is 6.08 Å². The number of aliphatic hydroxyl groups excluding tert-OH is 1. The largest absolute Gasteiger partial charge is 0.503 e. The monoisotopic (exact) mass is 496 g/mol. The predicted octanol–water partition coefficient (Wildman–Crippen LogP) is 3.76. The molecule has 2 aliphatic rings.